The summed E-state index contributed by atoms with van der Waals surface area (Å²) in [6.45, 7) is 5.48. The standard InChI is InChI=1S/C11H13ClFNOS/c1-11(2,3)16(15)14-7-8-4-5-9(13)6-10(8)12/h4-7H,1-3H3/b14-7+/t16-/m1/s1. The van der Waals surface area contributed by atoms with Crippen LogP contribution in [0.4, 0.5) is 4.39 Å². The highest BCUT2D eigenvalue weighted by atomic mass is 35.5. The fourth-order valence-electron chi connectivity index (χ4n) is 0.869. The van der Waals surface area contributed by atoms with Crippen LogP contribution in [0, 0.1) is 5.82 Å². The minimum Gasteiger partial charge on any atom is -0.591 e. The van der Waals surface area contributed by atoms with E-state index >= 15 is 0 Å². The molecule has 0 saturated carbocycles. The summed E-state index contributed by atoms with van der Waals surface area (Å²) in [6, 6.07) is 3.98. The lowest BCUT2D eigenvalue weighted by atomic mass is 10.2. The quantitative estimate of drug-likeness (QED) is 0.594. The molecule has 0 aromatic heterocycles. The van der Waals surface area contributed by atoms with Crippen molar-refractivity contribution in [2.24, 2.45) is 4.40 Å². The second-order valence-corrected chi connectivity index (χ2v) is 6.60. The van der Waals surface area contributed by atoms with Gasteiger partial charge in [-0.05, 0) is 39.0 Å². The first-order chi connectivity index (χ1) is 7.30. The maximum atomic E-state index is 12.7. The average Bonchev–Trinajstić information content (AvgIpc) is 2.14. The molecule has 0 spiro atoms. The van der Waals surface area contributed by atoms with Crippen molar-refractivity contribution in [2.45, 2.75) is 25.5 Å². The Labute approximate surface area is 103 Å². The summed E-state index contributed by atoms with van der Waals surface area (Å²) in [4.78, 5) is 0. The van der Waals surface area contributed by atoms with E-state index in [9.17, 15) is 8.94 Å². The van der Waals surface area contributed by atoms with Crippen molar-refractivity contribution in [3.63, 3.8) is 0 Å². The molecule has 2 nitrogen and oxygen atoms in total. The fourth-order valence-corrected chi connectivity index (χ4v) is 1.61. The number of rotatable bonds is 2. The molecule has 0 aliphatic heterocycles. The van der Waals surface area contributed by atoms with Crippen LogP contribution < -0.4 is 0 Å². The van der Waals surface area contributed by atoms with Gasteiger partial charge in [-0.3, -0.25) is 0 Å². The number of halogens is 2. The van der Waals surface area contributed by atoms with E-state index in [2.05, 4.69) is 4.40 Å². The van der Waals surface area contributed by atoms with Crippen LogP contribution >= 0.6 is 11.6 Å². The largest absolute Gasteiger partial charge is 0.591 e. The van der Waals surface area contributed by atoms with Gasteiger partial charge in [0.15, 0.2) is 0 Å². The van der Waals surface area contributed by atoms with Crippen LogP contribution in [0.3, 0.4) is 0 Å². The van der Waals surface area contributed by atoms with Crippen LogP contribution in [0.25, 0.3) is 0 Å². The molecule has 0 fully saturated rings. The van der Waals surface area contributed by atoms with Crippen LogP contribution in [0.5, 0.6) is 0 Å². The first-order valence-electron chi connectivity index (χ1n) is 4.72. The highest BCUT2D eigenvalue weighted by molar-refractivity contribution is 7.91. The first kappa shape index (κ1) is 13.5. The Morgan fingerprint density at radius 3 is 2.56 bits per heavy atom. The Morgan fingerprint density at radius 1 is 1.44 bits per heavy atom. The first-order valence-corrected chi connectivity index (χ1v) is 6.20. The molecule has 1 aromatic carbocycles. The fraction of sp³-hybridized carbons (Fsp3) is 0.364. The summed E-state index contributed by atoms with van der Waals surface area (Å²) in [5.41, 5.74) is 0.556. The molecular formula is C11H13ClFNOS. The highest BCUT2D eigenvalue weighted by Crippen LogP contribution is 2.19. The maximum Gasteiger partial charge on any atom is 0.144 e. The van der Waals surface area contributed by atoms with Crippen LogP contribution in [0.15, 0.2) is 22.6 Å². The monoisotopic (exact) mass is 261 g/mol. The number of nitrogens with zero attached hydrogens (tertiary/aromatic N) is 1. The SMILES string of the molecule is CC(C)(C)[S@@+]([O-])/N=C/c1ccc(F)cc1Cl. The normalized spacial score (nSPS) is 14.4. The van der Waals surface area contributed by atoms with Crippen molar-refractivity contribution in [1.82, 2.24) is 0 Å². The van der Waals surface area contributed by atoms with Gasteiger partial charge < -0.3 is 4.55 Å². The molecule has 0 N–H and O–H groups in total. The molecule has 1 atom stereocenters. The summed E-state index contributed by atoms with van der Waals surface area (Å²) in [5.74, 6) is -0.404. The Kier molecular flexibility index (Phi) is 4.35. The molecule has 16 heavy (non-hydrogen) atoms. The molecule has 0 bridgehead atoms. The molecule has 88 valence electrons. The van der Waals surface area contributed by atoms with E-state index in [0.717, 1.165) is 0 Å². The Hall–Kier alpha value is -0.580. The summed E-state index contributed by atoms with van der Waals surface area (Å²) < 4.78 is 27.8. The molecule has 0 unspecified atom stereocenters. The van der Waals surface area contributed by atoms with Gasteiger partial charge in [-0.15, -0.1) is 0 Å². The Balaban J connectivity index is 2.85. The number of hydrogen-bond donors (Lipinski definition) is 0. The molecule has 0 radical (unpaired) electrons. The number of hydrogen-bond acceptors (Lipinski definition) is 2. The third-order valence-corrected chi connectivity index (χ3v) is 3.45. The predicted molar refractivity (Wildman–Crippen MR) is 66.9 cm³/mol. The third kappa shape index (κ3) is 3.77. The molecular weight excluding hydrogens is 249 g/mol. The van der Waals surface area contributed by atoms with Gasteiger partial charge in [-0.25, -0.2) is 4.39 Å². The van der Waals surface area contributed by atoms with E-state index in [-0.39, 0.29) is 5.02 Å². The van der Waals surface area contributed by atoms with Gasteiger partial charge in [0.1, 0.15) is 21.9 Å². The summed E-state index contributed by atoms with van der Waals surface area (Å²) in [6.07, 6.45) is 1.41. The Bertz CT molecular complexity index is 403. The van der Waals surface area contributed by atoms with Gasteiger partial charge in [0.05, 0.1) is 11.2 Å². The minimum atomic E-state index is -1.33. The smallest absolute Gasteiger partial charge is 0.144 e. The van der Waals surface area contributed by atoms with Crippen molar-refractivity contribution in [1.29, 1.82) is 0 Å². The molecule has 0 aliphatic carbocycles. The lowest BCUT2D eigenvalue weighted by molar-refractivity contribution is 0.562. The third-order valence-electron chi connectivity index (χ3n) is 1.77. The van der Waals surface area contributed by atoms with Crippen LogP contribution in [0.1, 0.15) is 26.3 Å². The van der Waals surface area contributed by atoms with Crippen LogP contribution in [-0.2, 0) is 11.4 Å². The molecule has 0 amide bonds. The molecule has 0 saturated heterocycles. The topological polar surface area (TPSA) is 35.4 Å². The molecule has 0 heterocycles. The number of benzene rings is 1. The lowest BCUT2D eigenvalue weighted by Gasteiger charge is -2.17. The van der Waals surface area contributed by atoms with Gasteiger partial charge >= 0.3 is 0 Å². The van der Waals surface area contributed by atoms with Gasteiger partial charge in [0.2, 0.25) is 0 Å². The minimum absolute atomic E-state index is 0.259. The van der Waals surface area contributed by atoms with E-state index < -0.39 is 21.9 Å². The summed E-state index contributed by atoms with van der Waals surface area (Å²) >= 11 is 4.46. The van der Waals surface area contributed by atoms with Crippen molar-refractivity contribution in [3.05, 3.63) is 34.6 Å². The molecule has 5 heteroatoms. The average molecular weight is 262 g/mol. The van der Waals surface area contributed by atoms with E-state index in [1.807, 2.05) is 20.8 Å². The van der Waals surface area contributed by atoms with Gasteiger partial charge in [-0.1, -0.05) is 16.0 Å². The van der Waals surface area contributed by atoms with Crippen molar-refractivity contribution in [2.75, 3.05) is 0 Å². The van der Waals surface area contributed by atoms with E-state index in [1.165, 1.54) is 24.4 Å². The van der Waals surface area contributed by atoms with Crippen LogP contribution in [-0.4, -0.2) is 15.5 Å². The summed E-state index contributed by atoms with van der Waals surface area (Å²) in [5, 5.41) is 0.259. The second kappa shape index (κ2) is 5.17. The summed E-state index contributed by atoms with van der Waals surface area (Å²) in [7, 11) is 0. The zero-order valence-corrected chi connectivity index (χ0v) is 10.9. The Morgan fingerprint density at radius 2 is 2.06 bits per heavy atom. The van der Waals surface area contributed by atoms with E-state index in [4.69, 9.17) is 11.6 Å². The molecule has 1 rings (SSSR count). The zero-order chi connectivity index (χ0) is 12.3. The molecule has 0 aliphatic rings. The predicted octanol–water partition coefficient (Wildman–Crippen LogP) is 3.36. The van der Waals surface area contributed by atoms with Gasteiger partial charge in [-0.2, -0.15) is 0 Å². The van der Waals surface area contributed by atoms with Crippen molar-refractivity contribution < 1.29 is 8.94 Å². The zero-order valence-electron chi connectivity index (χ0n) is 9.33. The van der Waals surface area contributed by atoms with Crippen molar-refractivity contribution in [3.8, 4) is 0 Å². The maximum absolute atomic E-state index is 12.7. The molecule has 1 aromatic rings. The lowest BCUT2D eigenvalue weighted by Crippen LogP contribution is -2.25. The second-order valence-electron chi connectivity index (χ2n) is 4.26. The van der Waals surface area contributed by atoms with Gasteiger partial charge in [0.25, 0.3) is 0 Å². The van der Waals surface area contributed by atoms with Gasteiger partial charge in [0, 0.05) is 5.56 Å². The van der Waals surface area contributed by atoms with E-state index in [1.54, 1.807) is 0 Å². The van der Waals surface area contributed by atoms with Crippen LogP contribution in [0.2, 0.25) is 5.02 Å². The highest BCUT2D eigenvalue weighted by Gasteiger charge is 2.25. The van der Waals surface area contributed by atoms with E-state index in [0.29, 0.717) is 5.56 Å². The van der Waals surface area contributed by atoms with Crippen molar-refractivity contribution >= 4 is 29.2 Å².